The van der Waals surface area contributed by atoms with E-state index in [2.05, 4.69) is 19.8 Å². The number of hydrogen-bond donors (Lipinski definition) is 0. The Hall–Kier alpha value is -2.44. The molecule has 2 heterocycles. The van der Waals surface area contributed by atoms with Gasteiger partial charge in [0.05, 0.1) is 26.1 Å². The zero-order chi connectivity index (χ0) is 13.0. The van der Waals surface area contributed by atoms with Crippen LogP contribution in [-0.2, 0) is 4.74 Å². The molecule has 7 heteroatoms. The van der Waals surface area contributed by atoms with Crippen LogP contribution in [0.2, 0.25) is 0 Å². The molecule has 0 aliphatic rings. The fraction of sp³-hybridized carbons (Fsp3) is 0.273. The van der Waals surface area contributed by atoms with Crippen molar-refractivity contribution >= 4 is 5.97 Å². The number of carbonyl (C=O) groups excluding carboxylic acids is 1. The maximum atomic E-state index is 11.3. The highest BCUT2D eigenvalue weighted by Gasteiger charge is 2.11. The van der Waals surface area contributed by atoms with Crippen LogP contribution in [0.4, 0.5) is 0 Å². The van der Waals surface area contributed by atoms with Gasteiger partial charge in [0, 0.05) is 6.20 Å². The average molecular weight is 248 g/mol. The third kappa shape index (κ3) is 2.45. The third-order valence-corrected chi connectivity index (χ3v) is 2.11. The summed E-state index contributed by atoms with van der Waals surface area (Å²) in [6.07, 6.45) is 4.64. The first-order chi connectivity index (χ1) is 8.74. The summed E-state index contributed by atoms with van der Waals surface area (Å²) in [6, 6.07) is 1.54. The van der Waals surface area contributed by atoms with Crippen LogP contribution in [0.15, 0.2) is 24.7 Å². The maximum absolute atomic E-state index is 11.3. The third-order valence-electron chi connectivity index (χ3n) is 2.11. The lowest BCUT2D eigenvalue weighted by molar-refractivity contribution is 0.0593. The van der Waals surface area contributed by atoms with Crippen LogP contribution < -0.4 is 4.74 Å². The molecular weight excluding hydrogens is 236 g/mol. The van der Waals surface area contributed by atoms with E-state index in [-0.39, 0.29) is 5.69 Å². The molecule has 0 unspecified atom stereocenters. The van der Waals surface area contributed by atoms with E-state index in [0.29, 0.717) is 18.3 Å². The molecule has 0 fully saturated rings. The van der Waals surface area contributed by atoms with Crippen LogP contribution in [0.5, 0.6) is 5.88 Å². The Morgan fingerprint density at radius 2 is 2.28 bits per heavy atom. The molecule has 0 amide bonds. The molecule has 2 rings (SSSR count). The topological polar surface area (TPSA) is 79.1 Å². The summed E-state index contributed by atoms with van der Waals surface area (Å²) in [7, 11) is 1.30. The first-order valence-electron chi connectivity index (χ1n) is 5.33. The highest BCUT2D eigenvalue weighted by atomic mass is 16.5. The lowest BCUT2D eigenvalue weighted by Gasteiger charge is -2.03. The summed E-state index contributed by atoms with van der Waals surface area (Å²) in [5.41, 5.74) is 0.209. The largest absolute Gasteiger partial charge is 0.477 e. The minimum absolute atomic E-state index is 0.209. The zero-order valence-corrected chi connectivity index (χ0v) is 10.0. The molecule has 18 heavy (non-hydrogen) atoms. The van der Waals surface area contributed by atoms with Crippen molar-refractivity contribution in [3.63, 3.8) is 0 Å². The molecule has 0 atom stereocenters. The van der Waals surface area contributed by atoms with Crippen LogP contribution in [-0.4, -0.2) is 39.4 Å². The SMILES string of the molecule is CCOc1cncc(-n2ccc(C(=O)OC)n2)n1. The molecule has 0 saturated carbocycles. The Labute approximate surface area is 103 Å². The van der Waals surface area contributed by atoms with Crippen molar-refractivity contribution in [2.45, 2.75) is 6.92 Å². The monoisotopic (exact) mass is 248 g/mol. The van der Waals surface area contributed by atoms with Gasteiger partial charge in [-0.1, -0.05) is 0 Å². The molecule has 2 aromatic rings. The average Bonchev–Trinajstić information content (AvgIpc) is 2.88. The molecule has 0 aliphatic carbocycles. The Morgan fingerprint density at radius 1 is 1.44 bits per heavy atom. The van der Waals surface area contributed by atoms with E-state index in [1.54, 1.807) is 12.3 Å². The van der Waals surface area contributed by atoms with Gasteiger partial charge >= 0.3 is 5.97 Å². The number of ether oxygens (including phenoxy) is 2. The lowest BCUT2D eigenvalue weighted by Crippen LogP contribution is -2.06. The molecule has 94 valence electrons. The second kappa shape index (κ2) is 5.26. The molecule has 0 radical (unpaired) electrons. The molecule has 0 spiro atoms. The van der Waals surface area contributed by atoms with Crippen molar-refractivity contribution in [2.24, 2.45) is 0 Å². The van der Waals surface area contributed by atoms with Crippen LogP contribution in [0.25, 0.3) is 5.82 Å². The van der Waals surface area contributed by atoms with E-state index in [1.165, 1.54) is 24.2 Å². The number of esters is 1. The molecule has 7 nitrogen and oxygen atoms in total. The number of rotatable bonds is 4. The van der Waals surface area contributed by atoms with Gasteiger partial charge in [-0.25, -0.2) is 9.48 Å². The highest BCUT2D eigenvalue weighted by molar-refractivity contribution is 5.86. The first-order valence-corrected chi connectivity index (χ1v) is 5.33. The first kappa shape index (κ1) is 12.0. The second-order valence-corrected chi connectivity index (χ2v) is 3.29. The fourth-order valence-electron chi connectivity index (χ4n) is 1.33. The Bertz CT molecular complexity index is 553. The molecule has 2 aromatic heterocycles. The molecule has 0 aromatic carbocycles. The highest BCUT2D eigenvalue weighted by Crippen LogP contribution is 2.09. The van der Waals surface area contributed by atoms with E-state index in [1.807, 2.05) is 6.92 Å². The lowest BCUT2D eigenvalue weighted by atomic mass is 10.4. The Kier molecular flexibility index (Phi) is 3.52. The summed E-state index contributed by atoms with van der Waals surface area (Å²) in [5.74, 6) is 0.379. The number of carbonyl (C=O) groups is 1. The van der Waals surface area contributed by atoms with Crippen LogP contribution in [0, 0.1) is 0 Å². The Morgan fingerprint density at radius 3 is 3.00 bits per heavy atom. The van der Waals surface area contributed by atoms with Crippen molar-refractivity contribution in [1.29, 1.82) is 0 Å². The fourth-order valence-corrected chi connectivity index (χ4v) is 1.33. The van der Waals surface area contributed by atoms with E-state index in [0.717, 1.165) is 0 Å². The number of hydrogen-bond acceptors (Lipinski definition) is 6. The van der Waals surface area contributed by atoms with Crippen LogP contribution >= 0.6 is 0 Å². The van der Waals surface area contributed by atoms with Gasteiger partial charge in [-0.05, 0) is 13.0 Å². The maximum Gasteiger partial charge on any atom is 0.358 e. The molecule has 0 N–H and O–H groups in total. The van der Waals surface area contributed by atoms with Gasteiger partial charge in [0.25, 0.3) is 0 Å². The van der Waals surface area contributed by atoms with Crippen molar-refractivity contribution in [2.75, 3.05) is 13.7 Å². The molecule has 0 aliphatic heterocycles. The molecular formula is C11H12N4O3. The van der Waals surface area contributed by atoms with Gasteiger partial charge in [0.15, 0.2) is 11.5 Å². The zero-order valence-electron chi connectivity index (χ0n) is 10.0. The van der Waals surface area contributed by atoms with Crippen molar-refractivity contribution < 1.29 is 14.3 Å². The van der Waals surface area contributed by atoms with Crippen LogP contribution in [0.3, 0.4) is 0 Å². The van der Waals surface area contributed by atoms with Crippen molar-refractivity contribution in [1.82, 2.24) is 19.7 Å². The van der Waals surface area contributed by atoms with Crippen LogP contribution in [0.1, 0.15) is 17.4 Å². The number of aromatic nitrogens is 4. The van der Waals surface area contributed by atoms with E-state index >= 15 is 0 Å². The molecule has 0 bridgehead atoms. The van der Waals surface area contributed by atoms with E-state index in [9.17, 15) is 4.79 Å². The minimum atomic E-state index is -0.498. The summed E-state index contributed by atoms with van der Waals surface area (Å²) < 4.78 is 11.2. The second-order valence-electron chi connectivity index (χ2n) is 3.29. The van der Waals surface area contributed by atoms with Gasteiger partial charge < -0.3 is 9.47 Å². The van der Waals surface area contributed by atoms with E-state index < -0.39 is 5.97 Å². The van der Waals surface area contributed by atoms with Gasteiger partial charge in [-0.2, -0.15) is 10.1 Å². The Balaban J connectivity index is 2.28. The van der Waals surface area contributed by atoms with Gasteiger partial charge in [0.1, 0.15) is 0 Å². The predicted octanol–water partition coefficient (Wildman–Crippen LogP) is 0.848. The van der Waals surface area contributed by atoms with Gasteiger partial charge in [0.2, 0.25) is 5.88 Å². The number of nitrogens with zero attached hydrogens (tertiary/aromatic N) is 4. The summed E-state index contributed by atoms with van der Waals surface area (Å²) >= 11 is 0. The van der Waals surface area contributed by atoms with Gasteiger partial charge in [-0.3, -0.25) is 4.98 Å². The van der Waals surface area contributed by atoms with Crippen molar-refractivity contribution in [3.8, 4) is 11.7 Å². The smallest absolute Gasteiger partial charge is 0.358 e. The number of methoxy groups -OCH3 is 1. The summed E-state index contributed by atoms with van der Waals surface area (Å²) in [5, 5.41) is 4.04. The minimum Gasteiger partial charge on any atom is -0.477 e. The van der Waals surface area contributed by atoms with Gasteiger partial charge in [-0.15, -0.1) is 0 Å². The predicted molar refractivity (Wildman–Crippen MR) is 61.7 cm³/mol. The summed E-state index contributed by atoms with van der Waals surface area (Å²) in [6.45, 7) is 2.36. The normalized spacial score (nSPS) is 10.1. The molecule has 0 saturated heterocycles. The standard InChI is InChI=1S/C11H12N4O3/c1-3-18-10-7-12-6-9(13-10)15-5-4-8(14-15)11(16)17-2/h4-7H,3H2,1-2H3. The van der Waals surface area contributed by atoms with Crippen molar-refractivity contribution in [3.05, 3.63) is 30.4 Å². The summed E-state index contributed by atoms with van der Waals surface area (Å²) in [4.78, 5) is 19.5. The quantitative estimate of drug-likeness (QED) is 0.746. The van der Waals surface area contributed by atoms with E-state index in [4.69, 9.17) is 4.74 Å².